The summed E-state index contributed by atoms with van der Waals surface area (Å²) < 4.78 is 39.6. The maximum Gasteiger partial charge on any atom is 0.416 e. The zero-order valence-electron chi connectivity index (χ0n) is 15.2. The molecular formula is C19H23F3NO2P. The summed E-state index contributed by atoms with van der Waals surface area (Å²) in [6.07, 6.45) is -2.77. The third kappa shape index (κ3) is 3.96. The van der Waals surface area contributed by atoms with Gasteiger partial charge in [0.25, 0.3) is 0 Å². The second kappa shape index (κ2) is 7.83. The van der Waals surface area contributed by atoms with Gasteiger partial charge in [-0.05, 0) is 43.1 Å². The van der Waals surface area contributed by atoms with E-state index >= 15 is 0 Å². The van der Waals surface area contributed by atoms with Gasteiger partial charge in [-0.2, -0.15) is 13.2 Å². The van der Waals surface area contributed by atoms with Crippen molar-refractivity contribution in [1.82, 2.24) is 5.32 Å². The summed E-state index contributed by atoms with van der Waals surface area (Å²) in [6.45, 7) is 7.60. The van der Waals surface area contributed by atoms with Crippen molar-refractivity contribution in [2.24, 2.45) is 0 Å². The van der Waals surface area contributed by atoms with E-state index in [1.165, 1.54) is 6.07 Å². The highest BCUT2D eigenvalue weighted by Gasteiger charge is 2.37. The zero-order chi connectivity index (χ0) is 19.6. The van der Waals surface area contributed by atoms with Gasteiger partial charge in [0.05, 0.1) is 11.1 Å². The lowest BCUT2D eigenvalue weighted by atomic mass is 9.85. The highest BCUT2D eigenvalue weighted by Crippen LogP contribution is 2.56. The van der Waals surface area contributed by atoms with E-state index in [-0.39, 0.29) is 5.57 Å². The Morgan fingerprint density at radius 3 is 2.31 bits per heavy atom. The first-order valence-corrected chi connectivity index (χ1v) is 10.2. The Labute approximate surface area is 152 Å². The van der Waals surface area contributed by atoms with Crippen LogP contribution in [0.15, 0.2) is 46.5 Å². The maximum absolute atomic E-state index is 13.2. The minimum absolute atomic E-state index is 0.124. The number of carboxylic acids is 1. The number of halogens is 3. The van der Waals surface area contributed by atoms with E-state index in [0.29, 0.717) is 11.3 Å². The smallest absolute Gasteiger partial charge is 0.416 e. The molecule has 0 aromatic heterocycles. The van der Waals surface area contributed by atoms with Crippen LogP contribution >= 0.6 is 7.92 Å². The van der Waals surface area contributed by atoms with Crippen LogP contribution in [-0.2, 0) is 11.0 Å². The Morgan fingerprint density at radius 2 is 1.81 bits per heavy atom. The molecule has 0 bridgehead atoms. The average molecular weight is 385 g/mol. The first-order chi connectivity index (χ1) is 12.1. The first-order valence-electron chi connectivity index (χ1n) is 8.45. The summed E-state index contributed by atoms with van der Waals surface area (Å²) in [4.78, 5) is 11.9. The lowest BCUT2D eigenvalue weighted by Crippen LogP contribution is -2.28. The average Bonchev–Trinajstić information content (AvgIpc) is 2.56. The number of nitrogens with one attached hydrogen (secondary N) is 1. The molecule has 2 rings (SSSR count). The van der Waals surface area contributed by atoms with Crippen LogP contribution in [0.5, 0.6) is 0 Å². The molecule has 2 N–H and O–H groups in total. The third-order valence-corrected chi connectivity index (χ3v) is 7.41. The minimum atomic E-state index is -4.47. The van der Waals surface area contributed by atoms with Gasteiger partial charge >= 0.3 is 12.1 Å². The molecule has 1 aliphatic heterocycles. The van der Waals surface area contributed by atoms with Crippen molar-refractivity contribution in [2.75, 3.05) is 12.3 Å². The number of rotatable bonds is 5. The van der Waals surface area contributed by atoms with Gasteiger partial charge in [0.2, 0.25) is 0 Å². The Kier molecular flexibility index (Phi) is 6.17. The number of carbonyl (C=O) groups is 1. The van der Waals surface area contributed by atoms with Crippen LogP contribution in [0.2, 0.25) is 0 Å². The molecule has 0 spiro atoms. The van der Waals surface area contributed by atoms with Crippen molar-refractivity contribution in [3.8, 4) is 0 Å². The third-order valence-electron chi connectivity index (χ3n) is 4.61. The minimum Gasteiger partial charge on any atom is -0.478 e. The van der Waals surface area contributed by atoms with Gasteiger partial charge in [0.15, 0.2) is 0 Å². The number of dihydropyridines is 1. The fourth-order valence-electron chi connectivity index (χ4n) is 3.47. The van der Waals surface area contributed by atoms with Gasteiger partial charge in [0, 0.05) is 17.3 Å². The molecule has 26 heavy (non-hydrogen) atoms. The van der Waals surface area contributed by atoms with E-state index < -0.39 is 31.5 Å². The summed E-state index contributed by atoms with van der Waals surface area (Å²) in [7, 11) is -0.646. The molecule has 0 radical (unpaired) electrons. The Bertz CT molecular complexity index is 764. The largest absolute Gasteiger partial charge is 0.478 e. The Morgan fingerprint density at radius 1 is 1.19 bits per heavy atom. The first kappa shape index (κ1) is 20.5. The second-order valence-corrected chi connectivity index (χ2v) is 9.03. The number of carboxylic acid groups (broad SMARTS) is 1. The zero-order valence-corrected chi connectivity index (χ0v) is 16.1. The van der Waals surface area contributed by atoms with Crippen molar-refractivity contribution in [3.05, 3.63) is 57.7 Å². The van der Waals surface area contributed by atoms with Gasteiger partial charge in [-0.1, -0.05) is 40.0 Å². The summed E-state index contributed by atoms with van der Waals surface area (Å²) in [5, 5.41) is 13.8. The predicted octanol–water partition coefficient (Wildman–Crippen LogP) is 5.50. The number of aliphatic carboxylic acids is 1. The molecule has 0 fully saturated rings. The molecule has 0 amide bonds. The molecule has 3 nitrogen and oxygen atoms in total. The normalized spacial score (nSPS) is 18.4. The van der Waals surface area contributed by atoms with E-state index in [1.807, 2.05) is 20.8 Å². The molecule has 1 aliphatic rings. The van der Waals surface area contributed by atoms with Crippen LogP contribution in [0.25, 0.3) is 0 Å². The lowest BCUT2D eigenvalue weighted by molar-refractivity contribution is -0.137. The maximum atomic E-state index is 13.2. The predicted molar refractivity (Wildman–Crippen MR) is 98.4 cm³/mol. The van der Waals surface area contributed by atoms with Crippen molar-refractivity contribution in [1.29, 1.82) is 0 Å². The Hall–Kier alpha value is -1.81. The molecule has 0 aliphatic carbocycles. The number of hydrogen-bond acceptors (Lipinski definition) is 2. The van der Waals surface area contributed by atoms with E-state index in [1.54, 1.807) is 13.0 Å². The van der Waals surface area contributed by atoms with Crippen molar-refractivity contribution < 1.29 is 23.1 Å². The van der Waals surface area contributed by atoms with Gasteiger partial charge in [0.1, 0.15) is 0 Å². The molecule has 1 unspecified atom stereocenters. The van der Waals surface area contributed by atoms with Gasteiger partial charge in [-0.25, -0.2) is 4.79 Å². The van der Waals surface area contributed by atoms with Crippen LogP contribution in [0.1, 0.15) is 44.7 Å². The fourth-order valence-corrected chi connectivity index (χ4v) is 5.77. The molecular weight excluding hydrogens is 362 g/mol. The SMILES string of the molecule is CCP(CC)C1=C(C)NC(C)=C(C(=O)O)C1c1cccc(C(F)(F)F)c1. The second-order valence-electron chi connectivity index (χ2n) is 6.21. The standard InChI is InChI=1S/C19H23F3NO2P/c1-5-26(6-2)17-12(4)23-11(3)15(18(24)25)16(17)13-8-7-9-14(10-13)19(20,21)22/h7-10,16,23H,5-6H2,1-4H3,(H,24,25). The van der Waals surface area contributed by atoms with Gasteiger partial charge < -0.3 is 10.4 Å². The molecule has 0 saturated carbocycles. The summed E-state index contributed by atoms with van der Waals surface area (Å²) >= 11 is 0. The van der Waals surface area contributed by atoms with Crippen molar-refractivity contribution in [3.63, 3.8) is 0 Å². The molecule has 1 heterocycles. The van der Waals surface area contributed by atoms with E-state index in [0.717, 1.165) is 35.5 Å². The molecule has 0 saturated heterocycles. The lowest BCUT2D eigenvalue weighted by Gasteiger charge is -2.35. The van der Waals surface area contributed by atoms with Crippen molar-refractivity contribution in [2.45, 2.75) is 39.8 Å². The Balaban J connectivity index is 2.71. The number of alkyl halides is 3. The van der Waals surface area contributed by atoms with Crippen LogP contribution in [0.4, 0.5) is 13.2 Å². The van der Waals surface area contributed by atoms with Crippen LogP contribution in [-0.4, -0.2) is 23.4 Å². The molecule has 7 heteroatoms. The van der Waals surface area contributed by atoms with Gasteiger partial charge in [-0.3, -0.25) is 0 Å². The molecule has 142 valence electrons. The summed E-state index contributed by atoms with van der Waals surface area (Å²) in [5.74, 6) is -1.77. The monoisotopic (exact) mass is 385 g/mol. The van der Waals surface area contributed by atoms with E-state index in [2.05, 4.69) is 5.32 Å². The number of hydrogen-bond donors (Lipinski definition) is 2. The quantitative estimate of drug-likeness (QED) is 0.658. The molecule has 1 aromatic carbocycles. The summed E-state index contributed by atoms with van der Waals surface area (Å²) in [6, 6.07) is 5.04. The fraction of sp³-hybridized carbons (Fsp3) is 0.421. The molecule has 1 atom stereocenters. The highest BCUT2D eigenvalue weighted by molar-refractivity contribution is 7.62. The van der Waals surface area contributed by atoms with E-state index in [4.69, 9.17) is 0 Å². The molecule has 1 aromatic rings. The van der Waals surface area contributed by atoms with Crippen LogP contribution in [0.3, 0.4) is 0 Å². The van der Waals surface area contributed by atoms with Crippen molar-refractivity contribution >= 4 is 13.9 Å². The topological polar surface area (TPSA) is 49.3 Å². The highest BCUT2D eigenvalue weighted by atomic mass is 31.1. The summed E-state index contributed by atoms with van der Waals surface area (Å²) in [5.41, 5.74) is 1.07. The van der Waals surface area contributed by atoms with E-state index in [9.17, 15) is 23.1 Å². The number of allylic oxidation sites excluding steroid dienone is 3. The van der Waals surface area contributed by atoms with Gasteiger partial charge in [-0.15, -0.1) is 0 Å². The number of benzene rings is 1. The van der Waals surface area contributed by atoms with Crippen LogP contribution < -0.4 is 5.32 Å². The van der Waals surface area contributed by atoms with Crippen LogP contribution in [0, 0.1) is 0 Å².